The van der Waals surface area contributed by atoms with E-state index in [4.69, 9.17) is 9.47 Å². The van der Waals surface area contributed by atoms with Gasteiger partial charge in [0.2, 0.25) is 0 Å². The normalized spacial score (nSPS) is 16.3. The first kappa shape index (κ1) is 20.3. The Labute approximate surface area is 168 Å². The van der Waals surface area contributed by atoms with Gasteiger partial charge in [0, 0.05) is 11.1 Å². The lowest BCUT2D eigenvalue weighted by atomic mass is 10.0. The van der Waals surface area contributed by atoms with Crippen LogP contribution in [0.15, 0.2) is 35.5 Å². The first-order valence-electron chi connectivity index (χ1n) is 9.33. The molecule has 0 spiro atoms. The second kappa shape index (κ2) is 8.30. The van der Waals surface area contributed by atoms with E-state index in [0.29, 0.717) is 22.2 Å². The number of ether oxygens (including phenoxy) is 2. The zero-order chi connectivity index (χ0) is 21.1. The van der Waals surface area contributed by atoms with Crippen molar-refractivity contribution >= 4 is 28.9 Å². The Bertz CT molecular complexity index is 1030. The zero-order valence-corrected chi connectivity index (χ0v) is 16.8. The first-order chi connectivity index (χ1) is 13.8. The van der Waals surface area contributed by atoms with Crippen molar-refractivity contribution in [2.24, 2.45) is 0 Å². The van der Waals surface area contributed by atoms with E-state index in [9.17, 15) is 14.4 Å². The van der Waals surface area contributed by atoms with Crippen molar-refractivity contribution in [3.63, 3.8) is 0 Å². The minimum absolute atomic E-state index is 0.192. The number of nitrogens with zero attached hydrogens (tertiary/aromatic N) is 1. The molecule has 0 fully saturated rings. The van der Waals surface area contributed by atoms with Crippen LogP contribution in [-0.2, 0) is 14.3 Å². The van der Waals surface area contributed by atoms with Gasteiger partial charge >= 0.3 is 18.0 Å². The molecule has 2 aromatic rings. The first-order valence-corrected chi connectivity index (χ1v) is 9.33. The summed E-state index contributed by atoms with van der Waals surface area (Å²) in [5, 5.41) is 5.82. The van der Waals surface area contributed by atoms with E-state index >= 15 is 0 Å². The van der Waals surface area contributed by atoms with Gasteiger partial charge in [0.05, 0.1) is 35.0 Å². The number of nitrogens with one attached hydrogen (secondary N) is 2. The molecular weight excluding hydrogens is 374 g/mol. The van der Waals surface area contributed by atoms with E-state index in [2.05, 4.69) is 15.6 Å². The molecule has 8 nitrogen and oxygen atoms in total. The Morgan fingerprint density at radius 2 is 1.90 bits per heavy atom. The minimum atomic E-state index is -0.570. The van der Waals surface area contributed by atoms with Crippen LogP contribution in [0.4, 0.5) is 4.79 Å². The number of pyridine rings is 1. The van der Waals surface area contributed by atoms with Gasteiger partial charge in [0.25, 0.3) is 0 Å². The lowest BCUT2D eigenvalue weighted by Gasteiger charge is -2.26. The average molecular weight is 397 g/mol. The highest BCUT2D eigenvalue weighted by molar-refractivity contribution is 6.04. The maximum atomic E-state index is 12.8. The molecule has 0 aliphatic carbocycles. The van der Waals surface area contributed by atoms with Crippen LogP contribution in [0.1, 0.15) is 35.5 Å². The van der Waals surface area contributed by atoms with Gasteiger partial charge in [-0.3, -0.25) is 4.98 Å². The molecule has 1 aromatic carbocycles. The number of urea groups is 1. The van der Waals surface area contributed by atoms with Crippen molar-refractivity contribution in [3.8, 4) is 0 Å². The third-order valence-corrected chi connectivity index (χ3v) is 4.53. The van der Waals surface area contributed by atoms with Gasteiger partial charge in [0.1, 0.15) is 6.61 Å². The van der Waals surface area contributed by atoms with Crippen LogP contribution in [0.3, 0.4) is 0 Å². The predicted molar refractivity (Wildman–Crippen MR) is 106 cm³/mol. The predicted octanol–water partition coefficient (Wildman–Crippen LogP) is 2.53. The summed E-state index contributed by atoms with van der Waals surface area (Å²) in [5.74, 6) is -1.14. The van der Waals surface area contributed by atoms with Crippen molar-refractivity contribution in [3.05, 3.63) is 52.4 Å². The highest BCUT2D eigenvalue weighted by Gasteiger charge is 2.30. The molecule has 1 aliphatic rings. The molecule has 3 rings (SSSR count). The minimum Gasteiger partial charge on any atom is -0.463 e. The van der Waals surface area contributed by atoms with Gasteiger partial charge < -0.3 is 20.1 Å². The van der Waals surface area contributed by atoms with Gasteiger partial charge in [-0.25, -0.2) is 14.4 Å². The summed E-state index contributed by atoms with van der Waals surface area (Å²) in [4.78, 5) is 41.4. The zero-order valence-electron chi connectivity index (χ0n) is 16.8. The van der Waals surface area contributed by atoms with Gasteiger partial charge in [-0.05, 0) is 45.9 Å². The summed E-state index contributed by atoms with van der Waals surface area (Å²) in [6, 6.07) is 6.27. The van der Waals surface area contributed by atoms with Crippen molar-refractivity contribution in [2.75, 3.05) is 13.2 Å². The Balaban J connectivity index is 1.90. The fourth-order valence-corrected chi connectivity index (χ4v) is 3.25. The van der Waals surface area contributed by atoms with Crippen molar-refractivity contribution < 1.29 is 23.9 Å². The van der Waals surface area contributed by atoms with E-state index < -0.39 is 24.0 Å². The standard InChI is InChI=1S/C21H23N3O5/c1-5-28-20(26)18-13(4)23-21(27)24-17(18)10-29-19(25)15-9-12(3)22-16-7-6-11(2)8-14(15)16/h6-9,13H,5,10H2,1-4H3,(H2,23,24,27)/t13-/m0/s1. The summed E-state index contributed by atoms with van der Waals surface area (Å²) in [6.45, 7) is 7.01. The number of rotatable bonds is 5. The van der Waals surface area contributed by atoms with E-state index in [0.717, 1.165) is 5.56 Å². The number of carbonyl (C=O) groups is 3. The summed E-state index contributed by atoms with van der Waals surface area (Å²) in [6.07, 6.45) is 0. The van der Waals surface area contributed by atoms with Gasteiger partial charge in [-0.15, -0.1) is 0 Å². The summed E-state index contributed by atoms with van der Waals surface area (Å²) in [7, 11) is 0. The molecule has 8 heteroatoms. The molecule has 152 valence electrons. The van der Waals surface area contributed by atoms with Gasteiger partial charge in [-0.1, -0.05) is 11.6 Å². The molecule has 2 N–H and O–H groups in total. The largest absolute Gasteiger partial charge is 0.463 e. The van der Waals surface area contributed by atoms with Crippen LogP contribution in [0.25, 0.3) is 10.9 Å². The average Bonchev–Trinajstić information content (AvgIpc) is 2.65. The Morgan fingerprint density at radius 1 is 1.14 bits per heavy atom. The molecule has 0 unspecified atom stereocenters. The maximum Gasteiger partial charge on any atom is 0.339 e. The van der Waals surface area contributed by atoms with Crippen molar-refractivity contribution in [2.45, 2.75) is 33.7 Å². The summed E-state index contributed by atoms with van der Waals surface area (Å²) >= 11 is 0. The molecule has 29 heavy (non-hydrogen) atoms. The number of benzene rings is 1. The molecule has 0 saturated carbocycles. The molecular formula is C21H23N3O5. The van der Waals surface area contributed by atoms with Crippen LogP contribution in [0.2, 0.25) is 0 Å². The van der Waals surface area contributed by atoms with Gasteiger partial charge in [-0.2, -0.15) is 0 Å². The molecule has 0 radical (unpaired) electrons. The number of esters is 2. The SMILES string of the molecule is CCOC(=O)C1=C(COC(=O)c2cc(C)nc3ccc(C)cc23)NC(=O)N[C@H]1C. The Kier molecular flexibility index (Phi) is 5.81. The summed E-state index contributed by atoms with van der Waals surface area (Å²) < 4.78 is 10.5. The van der Waals surface area contributed by atoms with E-state index in [1.807, 2.05) is 25.1 Å². The maximum absolute atomic E-state index is 12.8. The lowest BCUT2D eigenvalue weighted by Crippen LogP contribution is -2.50. The molecule has 1 atom stereocenters. The highest BCUT2D eigenvalue weighted by Crippen LogP contribution is 2.22. The number of hydrogen-bond donors (Lipinski definition) is 2. The van der Waals surface area contributed by atoms with Crippen LogP contribution in [0.5, 0.6) is 0 Å². The Morgan fingerprint density at radius 3 is 2.62 bits per heavy atom. The second-order valence-electron chi connectivity index (χ2n) is 6.84. The van der Waals surface area contributed by atoms with Gasteiger partial charge in [0.15, 0.2) is 0 Å². The number of hydrogen-bond acceptors (Lipinski definition) is 6. The fraction of sp³-hybridized carbons (Fsp3) is 0.333. The summed E-state index contributed by atoms with van der Waals surface area (Å²) in [5.41, 5.74) is 3.18. The topological polar surface area (TPSA) is 107 Å². The van der Waals surface area contributed by atoms with Crippen LogP contribution in [0, 0.1) is 13.8 Å². The number of carbonyl (C=O) groups excluding carboxylic acids is 3. The Hall–Kier alpha value is -3.42. The highest BCUT2D eigenvalue weighted by atomic mass is 16.5. The number of aryl methyl sites for hydroxylation is 2. The van der Waals surface area contributed by atoms with E-state index in [-0.39, 0.29) is 24.5 Å². The number of amides is 2. The smallest absolute Gasteiger partial charge is 0.339 e. The van der Waals surface area contributed by atoms with Crippen LogP contribution in [-0.4, -0.2) is 42.2 Å². The van der Waals surface area contributed by atoms with E-state index in [1.165, 1.54) is 0 Å². The third-order valence-electron chi connectivity index (χ3n) is 4.53. The molecule has 1 aliphatic heterocycles. The molecule has 2 heterocycles. The van der Waals surface area contributed by atoms with E-state index in [1.54, 1.807) is 26.8 Å². The molecule has 2 amide bonds. The fourth-order valence-electron chi connectivity index (χ4n) is 3.25. The second-order valence-corrected chi connectivity index (χ2v) is 6.84. The van der Waals surface area contributed by atoms with Crippen molar-refractivity contribution in [1.82, 2.24) is 15.6 Å². The van der Waals surface area contributed by atoms with Crippen LogP contribution < -0.4 is 10.6 Å². The molecule has 0 saturated heterocycles. The monoisotopic (exact) mass is 397 g/mol. The lowest BCUT2D eigenvalue weighted by molar-refractivity contribution is -0.139. The number of aromatic nitrogens is 1. The molecule has 1 aromatic heterocycles. The third kappa shape index (κ3) is 4.37. The van der Waals surface area contributed by atoms with Crippen molar-refractivity contribution in [1.29, 1.82) is 0 Å². The van der Waals surface area contributed by atoms with Crippen LogP contribution >= 0.6 is 0 Å². The molecule has 0 bridgehead atoms. The number of fused-ring (bicyclic) bond motifs is 1. The quantitative estimate of drug-likeness (QED) is 0.751.